The SMILES string of the molecule is CN(C(=O)c1ccc2c(Cl)nn(C(F)F)c2c1)[C@H]1COCc2[nH]c(=O)c3cc(F)c(F)cc3c21. The quantitative estimate of drug-likeness (QED) is 0.424. The summed E-state index contributed by atoms with van der Waals surface area (Å²) in [6.07, 6.45) is 0. The minimum absolute atomic E-state index is 0.00999. The van der Waals surface area contributed by atoms with Crippen LogP contribution in [0.15, 0.2) is 35.1 Å². The smallest absolute Gasteiger partial charge is 0.333 e. The molecule has 1 atom stereocenters. The summed E-state index contributed by atoms with van der Waals surface area (Å²) in [7, 11) is 1.46. The molecule has 34 heavy (non-hydrogen) atoms. The molecule has 0 spiro atoms. The molecular weight excluding hydrogens is 480 g/mol. The van der Waals surface area contributed by atoms with Crippen LogP contribution in [0.2, 0.25) is 5.15 Å². The number of carbonyl (C=O) groups is 1. The van der Waals surface area contributed by atoms with Crippen molar-refractivity contribution in [3.05, 3.63) is 74.3 Å². The predicted octanol–water partition coefficient (Wildman–Crippen LogP) is 4.55. The second kappa shape index (κ2) is 8.10. The molecule has 5 rings (SSSR count). The molecule has 2 aromatic carbocycles. The number of pyridine rings is 1. The van der Waals surface area contributed by atoms with E-state index in [1.165, 1.54) is 30.1 Å². The Bertz CT molecular complexity index is 1530. The highest BCUT2D eigenvalue weighted by Crippen LogP contribution is 2.35. The molecule has 3 heterocycles. The van der Waals surface area contributed by atoms with Gasteiger partial charge in [0.25, 0.3) is 11.5 Å². The van der Waals surface area contributed by atoms with Gasteiger partial charge in [-0.25, -0.2) is 13.5 Å². The van der Waals surface area contributed by atoms with Gasteiger partial charge >= 0.3 is 6.55 Å². The van der Waals surface area contributed by atoms with Crippen molar-refractivity contribution in [1.29, 1.82) is 0 Å². The van der Waals surface area contributed by atoms with E-state index in [0.29, 0.717) is 15.9 Å². The molecule has 7 nitrogen and oxygen atoms in total. The normalized spacial score (nSPS) is 15.8. The maximum Gasteiger partial charge on any atom is 0.333 e. The number of ether oxygens (including phenoxy) is 1. The zero-order valence-corrected chi connectivity index (χ0v) is 18.2. The van der Waals surface area contributed by atoms with Gasteiger partial charge in [-0.2, -0.15) is 13.9 Å². The number of hydrogen-bond acceptors (Lipinski definition) is 4. The van der Waals surface area contributed by atoms with Crippen LogP contribution in [-0.2, 0) is 11.3 Å². The molecular formula is C22H15ClF4N4O3. The number of fused-ring (bicyclic) bond motifs is 4. The first-order chi connectivity index (χ1) is 16.2. The minimum atomic E-state index is -2.96. The fourth-order valence-electron chi connectivity index (χ4n) is 4.27. The number of amides is 1. The van der Waals surface area contributed by atoms with Gasteiger partial charge in [0, 0.05) is 29.3 Å². The lowest BCUT2D eigenvalue weighted by Gasteiger charge is -2.34. The number of nitrogens with one attached hydrogen (secondary N) is 1. The first kappa shape index (κ1) is 22.4. The van der Waals surface area contributed by atoms with Crippen molar-refractivity contribution in [2.24, 2.45) is 0 Å². The summed E-state index contributed by atoms with van der Waals surface area (Å²) in [4.78, 5) is 29.6. The molecule has 1 aliphatic rings. The van der Waals surface area contributed by atoms with Crippen LogP contribution < -0.4 is 5.56 Å². The molecule has 1 aliphatic heterocycles. The van der Waals surface area contributed by atoms with Crippen molar-refractivity contribution in [1.82, 2.24) is 19.7 Å². The highest BCUT2D eigenvalue weighted by Gasteiger charge is 2.32. The van der Waals surface area contributed by atoms with Crippen molar-refractivity contribution in [3.8, 4) is 0 Å². The lowest BCUT2D eigenvalue weighted by molar-refractivity contribution is 0.0335. The molecule has 4 aromatic rings. The molecule has 0 bridgehead atoms. The molecule has 12 heteroatoms. The van der Waals surface area contributed by atoms with Gasteiger partial charge in [-0.3, -0.25) is 9.59 Å². The Hall–Kier alpha value is -3.44. The van der Waals surface area contributed by atoms with E-state index >= 15 is 0 Å². The lowest BCUT2D eigenvalue weighted by atomic mass is 9.95. The van der Waals surface area contributed by atoms with Crippen LogP contribution in [-0.4, -0.2) is 39.2 Å². The summed E-state index contributed by atoms with van der Waals surface area (Å²) in [5.74, 6) is -2.86. The number of rotatable bonds is 3. The van der Waals surface area contributed by atoms with Crippen LogP contribution >= 0.6 is 11.6 Å². The number of likely N-dealkylation sites (N-methyl/N-ethyl adjacent to an activating group) is 1. The Morgan fingerprint density at radius 2 is 1.91 bits per heavy atom. The van der Waals surface area contributed by atoms with Gasteiger partial charge in [-0.1, -0.05) is 11.6 Å². The summed E-state index contributed by atoms with van der Waals surface area (Å²) in [6.45, 7) is -2.94. The predicted molar refractivity (Wildman–Crippen MR) is 115 cm³/mol. The van der Waals surface area contributed by atoms with E-state index < -0.39 is 35.7 Å². The van der Waals surface area contributed by atoms with Crippen LogP contribution in [0, 0.1) is 11.6 Å². The first-order valence-corrected chi connectivity index (χ1v) is 10.4. The van der Waals surface area contributed by atoms with Crippen LogP contribution in [0.25, 0.3) is 21.7 Å². The van der Waals surface area contributed by atoms with Crippen LogP contribution in [0.5, 0.6) is 0 Å². The summed E-state index contributed by atoms with van der Waals surface area (Å²) >= 11 is 5.92. The van der Waals surface area contributed by atoms with Crippen molar-refractivity contribution in [3.63, 3.8) is 0 Å². The third-order valence-corrected chi connectivity index (χ3v) is 6.20. The molecule has 0 aliphatic carbocycles. The maximum absolute atomic E-state index is 14.1. The highest BCUT2D eigenvalue weighted by atomic mass is 35.5. The topological polar surface area (TPSA) is 80.2 Å². The number of H-pyrrole nitrogens is 1. The molecule has 0 radical (unpaired) electrons. The zero-order chi connectivity index (χ0) is 24.3. The van der Waals surface area contributed by atoms with Gasteiger partial charge in [0.2, 0.25) is 0 Å². The molecule has 2 aromatic heterocycles. The van der Waals surface area contributed by atoms with Gasteiger partial charge < -0.3 is 14.6 Å². The lowest BCUT2D eigenvalue weighted by Crippen LogP contribution is -2.37. The van der Waals surface area contributed by atoms with Gasteiger partial charge in [-0.15, -0.1) is 0 Å². The fourth-order valence-corrected chi connectivity index (χ4v) is 4.51. The Morgan fingerprint density at radius 3 is 2.62 bits per heavy atom. The molecule has 0 unspecified atom stereocenters. The van der Waals surface area contributed by atoms with Crippen molar-refractivity contribution >= 4 is 39.2 Å². The molecule has 176 valence electrons. The average Bonchev–Trinajstić information content (AvgIpc) is 3.15. The number of aromatic nitrogens is 3. The number of benzene rings is 2. The summed E-state index contributed by atoms with van der Waals surface area (Å²) < 4.78 is 60.5. The third-order valence-electron chi connectivity index (χ3n) is 5.92. The van der Waals surface area contributed by atoms with Gasteiger partial charge in [-0.05, 0) is 35.7 Å². The number of aromatic amines is 1. The van der Waals surface area contributed by atoms with E-state index in [1.54, 1.807) is 0 Å². The first-order valence-electron chi connectivity index (χ1n) is 10.0. The molecule has 1 N–H and O–H groups in total. The average molecular weight is 495 g/mol. The van der Waals surface area contributed by atoms with E-state index in [9.17, 15) is 27.2 Å². The molecule has 0 saturated heterocycles. The number of hydrogen-bond donors (Lipinski definition) is 1. The number of halogens is 5. The van der Waals surface area contributed by atoms with E-state index in [1.807, 2.05) is 0 Å². The zero-order valence-electron chi connectivity index (χ0n) is 17.4. The van der Waals surface area contributed by atoms with Crippen LogP contribution in [0.4, 0.5) is 17.6 Å². The Morgan fingerprint density at radius 1 is 1.21 bits per heavy atom. The van der Waals surface area contributed by atoms with Gasteiger partial charge in [0.1, 0.15) is 0 Å². The van der Waals surface area contributed by atoms with Gasteiger partial charge in [0.05, 0.1) is 30.2 Å². The van der Waals surface area contributed by atoms with Gasteiger partial charge in [0.15, 0.2) is 16.8 Å². The van der Waals surface area contributed by atoms with E-state index in [0.717, 1.165) is 12.1 Å². The maximum atomic E-state index is 14.1. The monoisotopic (exact) mass is 494 g/mol. The Kier molecular flexibility index (Phi) is 5.33. The van der Waals surface area contributed by atoms with Crippen molar-refractivity contribution in [2.45, 2.75) is 19.2 Å². The number of nitrogens with zero attached hydrogens (tertiary/aromatic N) is 3. The summed E-state index contributed by atoms with van der Waals surface area (Å²) in [5, 5.41) is 3.82. The van der Waals surface area contributed by atoms with E-state index in [-0.39, 0.29) is 45.6 Å². The number of alkyl halides is 2. The fraction of sp³-hybridized carbons (Fsp3) is 0.227. The molecule has 0 fully saturated rings. The number of carbonyl (C=O) groups excluding carboxylic acids is 1. The summed E-state index contributed by atoms with van der Waals surface area (Å²) in [6, 6.07) is 5.05. The van der Waals surface area contributed by atoms with Crippen molar-refractivity contribution in [2.75, 3.05) is 13.7 Å². The second-order valence-electron chi connectivity index (χ2n) is 7.85. The minimum Gasteiger partial charge on any atom is -0.373 e. The second-order valence-corrected chi connectivity index (χ2v) is 8.21. The van der Waals surface area contributed by atoms with Crippen molar-refractivity contribution < 1.29 is 27.1 Å². The summed E-state index contributed by atoms with van der Waals surface area (Å²) in [5.41, 5.74) is 0.182. The standard InChI is InChI=1S/C22H15ClF4N4O3/c1-30(21(33)9-2-3-10-16(4-9)31(22(26)27)29-19(10)23)17-8-34-7-15-18(17)11-5-13(24)14(25)6-12(11)20(32)28-15/h2-6,17,22H,7-8H2,1H3,(H,28,32)/t17-/m0/s1. The Balaban J connectivity index is 1.61. The largest absolute Gasteiger partial charge is 0.373 e. The highest BCUT2D eigenvalue weighted by molar-refractivity contribution is 6.34. The van der Waals surface area contributed by atoms with E-state index in [2.05, 4.69) is 10.1 Å². The Labute approximate surface area is 193 Å². The van der Waals surface area contributed by atoms with Crippen LogP contribution in [0.3, 0.4) is 0 Å². The van der Waals surface area contributed by atoms with Crippen LogP contribution in [0.1, 0.15) is 34.2 Å². The molecule has 0 saturated carbocycles. The van der Waals surface area contributed by atoms with E-state index in [4.69, 9.17) is 16.3 Å². The molecule has 1 amide bonds. The third kappa shape index (κ3) is 3.43.